The molecule has 3 rings (SSSR count). The van der Waals surface area contributed by atoms with Gasteiger partial charge in [0.2, 0.25) is 0 Å². The first-order valence-electron chi connectivity index (χ1n) is 7.92. The number of para-hydroxylation sites is 1. The number of benzene rings is 2. The smallest absolute Gasteiger partial charge is 0.256 e. The fourth-order valence-corrected chi connectivity index (χ4v) is 2.64. The lowest BCUT2D eigenvalue weighted by atomic mass is 10.1. The van der Waals surface area contributed by atoms with E-state index in [2.05, 4.69) is 15.5 Å². The molecule has 0 bridgehead atoms. The van der Waals surface area contributed by atoms with E-state index in [4.69, 9.17) is 9.47 Å². The highest BCUT2D eigenvalue weighted by atomic mass is 16.5. The van der Waals surface area contributed by atoms with Crippen molar-refractivity contribution in [2.45, 2.75) is 6.54 Å². The predicted molar refractivity (Wildman–Crippen MR) is 94.5 cm³/mol. The van der Waals surface area contributed by atoms with Crippen LogP contribution in [0.3, 0.4) is 0 Å². The standard InChI is InChI=1S/C18H19N5O3/c1-22(11-13-8-9-14(25-2)10-17(13)26-3)18(24)15-6-4-5-7-16(15)23-12-19-20-21-23/h4-10,12H,11H2,1-3H3. The zero-order valence-electron chi connectivity index (χ0n) is 14.8. The Kier molecular flexibility index (Phi) is 5.12. The second-order valence-electron chi connectivity index (χ2n) is 5.61. The Hall–Kier alpha value is -3.42. The van der Waals surface area contributed by atoms with Crippen LogP contribution in [-0.2, 0) is 6.54 Å². The second kappa shape index (κ2) is 7.64. The number of tetrazole rings is 1. The zero-order valence-corrected chi connectivity index (χ0v) is 14.8. The van der Waals surface area contributed by atoms with Crippen molar-refractivity contribution in [1.82, 2.24) is 25.1 Å². The van der Waals surface area contributed by atoms with E-state index in [0.29, 0.717) is 29.3 Å². The summed E-state index contributed by atoms with van der Waals surface area (Å²) >= 11 is 0. The summed E-state index contributed by atoms with van der Waals surface area (Å²) in [5.41, 5.74) is 2.01. The van der Waals surface area contributed by atoms with E-state index in [1.165, 1.54) is 11.0 Å². The number of hydrogen-bond donors (Lipinski definition) is 0. The maximum absolute atomic E-state index is 13.0. The van der Waals surface area contributed by atoms with Crippen molar-refractivity contribution in [3.8, 4) is 17.2 Å². The van der Waals surface area contributed by atoms with Gasteiger partial charge in [0.1, 0.15) is 17.8 Å². The second-order valence-corrected chi connectivity index (χ2v) is 5.61. The monoisotopic (exact) mass is 353 g/mol. The van der Waals surface area contributed by atoms with Crippen LogP contribution in [-0.4, -0.2) is 52.3 Å². The average molecular weight is 353 g/mol. The van der Waals surface area contributed by atoms with Crippen molar-refractivity contribution in [3.63, 3.8) is 0 Å². The molecule has 8 heteroatoms. The molecule has 1 aromatic heterocycles. The molecule has 0 spiro atoms. The van der Waals surface area contributed by atoms with Gasteiger partial charge in [0.05, 0.1) is 25.5 Å². The van der Waals surface area contributed by atoms with Gasteiger partial charge in [-0.3, -0.25) is 4.79 Å². The van der Waals surface area contributed by atoms with Crippen LogP contribution >= 0.6 is 0 Å². The highest BCUT2D eigenvalue weighted by Gasteiger charge is 2.18. The van der Waals surface area contributed by atoms with E-state index in [-0.39, 0.29) is 5.91 Å². The molecule has 0 unspecified atom stereocenters. The molecule has 0 aliphatic carbocycles. The Balaban J connectivity index is 1.86. The lowest BCUT2D eigenvalue weighted by molar-refractivity contribution is 0.0784. The van der Waals surface area contributed by atoms with Crippen molar-refractivity contribution in [3.05, 3.63) is 59.9 Å². The molecule has 0 fully saturated rings. The first-order chi connectivity index (χ1) is 12.6. The zero-order chi connectivity index (χ0) is 18.5. The van der Waals surface area contributed by atoms with Gasteiger partial charge in [-0.15, -0.1) is 5.10 Å². The van der Waals surface area contributed by atoms with Gasteiger partial charge in [0.15, 0.2) is 0 Å². The molecule has 0 saturated heterocycles. The van der Waals surface area contributed by atoms with Gasteiger partial charge in [-0.1, -0.05) is 12.1 Å². The van der Waals surface area contributed by atoms with Gasteiger partial charge in [0, 0.05) is 25.2 Å². The van der Waals surface area contributed by atoms with Crippen molar-refractivity contribution in [2.75, 3.05) is 21.3 Å². The third-order valence-electron chi connectivity index (χ3n) is 3.98. The van der Waals surface area contributed by atoms with Crippen LogP contribution in [0, 0.1) is 0 Å². The number of aromatic nitrogens is 4. The Morgan fingerprint density at radius 3 is 2.65 bits per heavy atom. The summed E-state index contributed by atoms with van der Waals surface area (Å²) in [6.07, 6.45) is 1.46. The molecule has 0 aliphatic rings. The molecule has 3 aromatic rings. The lowest BCUT2D eigenvalue weighted by Gasteiger charge is -2.20. The van der Waals surface area contributed by atoms with Gasteiger partial charge in [-0.2, -0.15) is 4.68 Å². The van der Waals surface area contributed by atoms with Crippen molar-refractivity contribution in [2.24, 2.45) is 0 Å². The summed E-state index contributed by atoms with van der Waals surface area (Å²) in [7, 11) is 4.93. The molecule has 0 saturated carbocycles. The molecule has 1 heterocycles. The number of rotatable bonds is 6. The summed E-state index contributed by atoms with van der Waals surface area (Å²) in [5.74, 6) is 1.22. The lowest BCUT2D eigenvalue weighted by Crippen LogP contribution is -2.27. The van der Waals surface area contributed by atoms with Crippen LogP contribution in [0.4, 0.5) is 0 Å². The number of carbonyl (C=O) groups is 1. The molecule has 1 amide bonds. The van der Waals surface area contributed by atoms with Gasteiger partial charge >= 0.3 is 0 Å². The van der Waals surface area contributed by atoms with E-state index in [9.17, 15) is 4.79 Å². The summed E-state index contributed by atoms with van der Waals surface area (Å²) in [6.45, 7) is 0.385. The molecule has 0 atom stereocenters. The quantitative estimate of drug-likeness (QED) is 0.674. The van der Waals surface area contributed by atoms with Gasteiger partial charge in [0.25, 0.3) is 5.91 Å². The molecular weight excluding hydrogens is 334 g/mol. The third-order valence-corrected chi connectivity index (χ3v) is 3.98. The highest BCUT2D eigenvalue weighted by Crippen LogP contribution is 2.26. The van der Waals surface area contributed by atoms with Crippen LogP contribution in [0.1, 0.15) is 15.9 Å². The van der Waals surface area contributed by atoms with E-state index in [1.807, 2.05) is 24.3 Å². The van der Waals surface area contributed by atoms with Gasteiger partial charge in [-0.25, -0.2) is 0 Å². The number of ether oxygens (including phenoxy) is 2. The van der Waals surface area contributed by atoms with Crippen LogP contribution in [0.2, 0.25) is 0 Å². The molecular formula is C18H19N5O3. The molecule has 0 N–H and O–H groups in total. The normalized spacial score (nSPS) is 10.4. The van der Waals surface area contributed by atoms with Gasteiger partial charge < -0.3 is 14.4 Å². The Morgan fingerprint density at radius 2 is 1.96 bits per heavy atom. The van der Waals surface area contributed by atoms with E-state index in [0.717, 1.165) is 5.56 Å². The number of nitrogens with zero attached hydrogens (tertiary/aromatic N) is 5. The molecule has 0 aliphatic heterocycles. The largest absolute Gasteiger partial charge is 0.497 e. The fraction of sp³-hybridized carbons (Fsp3) is 0.222. The summed E-state index contributed by atoms with van der Waals surface area (Å²) in [5, 5.41) is 11.1. The fourth-order valence-electron chi connectivity index (χ4n) is 2.64. The maximum Gasteiger partial charge on any atom is 0.256 e. The SMILES string of the molecule is COc1ccc(CN(C)C(=O)c2ccccc2-n2cnnn2)c(OC)c1. The first-order valence-corrected chi connectivity index (χ1v) is 7.92. The Labute approximate surface area is 151 Å². The summed E-state index contributed by atoms with van der Waals surface area (Å²) in [4.78, 5) is 14.6. The number of carbonyl (C=O) groups excluding carboxylic acids is 1. The summed E-state index contributed by atoms with van der Waals surface area (Å²) < 4.78 is 12.1. The number of methoxy groups -OCH3 is 2. The molecule has 26 heavy (non-hydrogen) atoms. The molecule has 2 aromatic carbocycles. The van der Waals surface area contributed by atoms with Crippen LogP contribution < -0.4 is 9.47 Å². The number of amides is 1. The molecule has 0 radical (unpaired) electrons. The van der Waals surface area contributed by atoms with Gasteiger partial charge in [-0.05, 0) is 34.7 Å². The number of hydrogen-bond acceptors (Lipinski definition) is 6. The van der Waals surface area contributed by atoms with Crippen molar-refractivity contribution < 1.29 is 14.3 Å². The van der Waals surface area contributed by atoms with Crippen LogP contribution in [0.25, 0.3) is 5.69 Å². The van der Waals surface area contributed by atoms with Crippen molar-refractivity contribution >= 4 is 5.91 Å². The highest BCUT2D eigenvalue weighted by molar-refractivity contribution is 5.97. The van der Waals surface area contributed by atoms with E-state index in [1.54, 1.807) is 44.4 Å². The van der Waals surface area contributed by atoms with Crippen LogP contribution in [0.5, 0.6) is 11.5 Å². The minimum Gasteiger partial charge on any atom is -0.497 e. The molecule has 134 valence electrons. The summed E-state index contributed by atoms with van der Waals surface area (Å²) in [6, 6.07) is 12.7. The van der Waals surface area contributed by atoms with E-state index >= 15 is 0 Å². The minimum atomic E-state index is -0.144. The minimum absolute atomic E-state index is 0.144. The average Bonchev–Trinajstić information content (AvgIpc) is 3.22. The van der Waals surface area contributed by atoms with Crippen LogP contribution in [0.15, 0.2) is 48.8 Å². The third kappa shape index (κ3) is 3.49. The molecule has 8 nitrogen and oxygen atoms in total. The Morgan fingerprint density at radius 1 is 1.15 bits per heavy atom. The Bertz CT molecular complexity index is 896. The first kappa shape index (κ1) is 17.4. The predicted octanol–water partition coefficient (Wildman–Crippen LogP) is 1.95. The topological polar surface area (TPSA) is 82.4 Å². The van der Waals surface area contributed by atoms with Crippen molar-refractivity contribution in [1.29, 1.82) is 0 Å². The van der Waals surface area contributed by atoms with E-state index < -0.39 is 0 Å². The maximum atomic E-state index is 13.0.